The van der Waals surface area contributed by atoms with Crippen molar-refractivity contribution in [1.29, 1.82) is 0 Å². The van der Waals surface area contributed by atoms with Gasteiger partial charge in [-0.1, -0.05) is 109 Å². The van der Waals surface area contributed by atoms with Crippen LogP contribution >= 0.6 is 11.3 Å². The molecule has 0 aliphatic rings. The number of nitrogens with zero attached hydrogens (tertiary/aromatic N) is 1. The van der Waals surface area contributed by atoms with Crippen LogP contribution < -0.4 is 4.90 Å². The summed E-state index contributed by atoms with van der Waals surface area (Å²) in [7, 11) is 0. The minimum absolute atomic E-state index is 1.13. The molecule has 9 rings (SSSR count). The first-order valence-corrected chi connectivity index (χ1v) is 15.8. The third kappa shape index (κ3) is 4.15. The summed E-state index contributed by atoms with van der Waals surface area (Å²) in [5.74, 6) is 0. The second-order valence-electron chi connectivity index (χ2n) is 11.4. The van der Waals surface area contributed by atoms with Crippen molar-refractivity contribution in [3.8, 4) is 11.1 Å². The highest BCUT2D eigenvalue weighted by Gasteiger charge is 2.16. The Morgan fingerprint density at radius 2 is 0.932 bits per heavy atom. The maximum Gasteiger partial charge on any atom is 0.0468 e. The molecule has 0 unspecified atom stereocenters. The fourth-order valence-electron chi connectivity index (χ4n) is 6.60. The maximum absolute atomic E-state index is 2.41. The smallest absolute Gasteiger partial charge is 0.0468 e. The van der Waals surface area contributed by atoms with Gasteiger partial charge in [0.05, 0.1) is 0 Å². The summed E-state index contributed by atoms with van der Waals surface area (Å²) in [6.45, 7) is 0. The second kappa shape index (κ2) is 10.1. The maximum atomic E-state index is 2.41. The van der Waals surface area contributed by atoms with Crippen LogP contribution in [0.5, 0.6) is 0 Å². The quantitative estimate of drug-likeness (QED) is 0.188. The van der Waals surface area contributed by atoms with Crippen LogP contribution in [0, 0.1) is 0 Å². The van der Waals surface area contributed by atoms with Crippen LogP contribution in [0.2, 0.25) is 0 Å². The zero-order valence-corrected chi connectivity index (χ0v) is 24.8. The average molecular weight is 578 g/mol. The number of fused-ring (bicyclic) bond motifs is 7. The molecule has 0 radical (unpaired) electrons. The van der Waals surface area contributed by atoms with Crippen molar-refractivity contribution in [2.45, 2.75) is 0 Å². The number of hydrogen-bond donors (Lipinski definition) is 0. The fourth-order valence-corrected chi connectivity index (χ4v) is 7.73. The van der Waals surface area contributed by atoms with Crippen molar-refractivity contribution >= 4 is 80.9 Å². The van der Waals surface area contributed by atoms with Gasteiger partial charge in [0.1, 0.15) is 0 Å². The Balaban J connectivity index is 1.26. The highest BCUT2D eigenvalue weighted by Crippen LogP contribution is 2.42. The molecule has 0 fully saturated rings. The van der Waals surface area contributed by atoms with Gasteiger partial charge in [-0.25, -0.2) is 0 Å². The summed E-state index contributed by atoms with van der Waals surface area (Å²) in [5.41, 5.74) is 5.85. The zero-order chi connectivity index (χ0) is 29.0. The Morgan fingerprint density at radius 3 is 1.80 bits per heavy atom. The van der Waals surface area contributed by atoms with Crippen molar-refractivity contribution in [3.63, 3.8) is 0 Å². The van der Waals surface area contributed by atoms with E-state index < -0.39 is 0 Å². The monoisotopic (exact) mass is 577 g/mol. The number of anilines is 3. The van der Waals surface area contributed by atoms with Gasteiger partial charge >= 0.3 is 0 Å². The van der Waals surface area contributed by atoms with E-state index >= 15 is 0 Å². The molecule has 0 N–H and O–H groups in total. The Morgan fingerprint density at radius 1 is 0.318 bits per heavy atom. The van der Waals surface area contributed by atoms with Crippen LogP contribution in [-0.4, -0.2) is 0 Å². The van der Waals surface area contributed by atoms with Crippen molar-refractivity contribution in [1.82, 2.24) is 0 Å². The van der Waals surface area contributed by atoms with Gasteiger partial charge in [0.15, 0.2) is 0 Å². The third-order valence-electron chi connectivity index (χ3n) is 8.80. The molecule has 9 aromatic rings. The summed E-state index contributed by atoms with van der Waals surface area (Å²) >= 11 is 1.88. The van der Waals surface area contributed by atoms with E-state index in [0.717, 1.165) is 17.1 Å². The third-order valence-corrected chi connectivity index (χ3v) is 9.93. The van der Waals surface area contributed by atoms with Crippen LogP contribution in [0.25, 0.3) is 63.6 Å². The highest BCUT2D eigenvalue weighted by atomic mass is 32.1. The van der Waals surface area contributed by atoms with Gasteiger partial charge in [-0.15, -0.1) is 11.3 Å². The molecule has 1 nitrogen and oxygen atoms in total. The lowest BCUT2D eigenvalue weighted by Gasteiger charge is -2.26. The van der Waals surface area contributed by atoms with Crippen molar-refractivity contribution in [2.24, 2.45) is 0 Å². The molecule has 1 heterocycles. The van der Waals surface area contributed by atoms with Gasteiger partial charge < -0.3 is 4.90 Å². The van der Waals surface area contributed by atoms with Gasteiger partial charge in [-0.2, -0.15) is 0 Å². The lowest BCUT2D eigenvalue weighted by Crippen LogP contribution is -2.10. The topological polar surface area (TPSA) is 3.24 Å². The highest BCUT2D eigenvalue weighted by molar-refractivity contribution is 7.25. The van der Waals surface area contributed by atoms with E-state index in [-0.39, 0.29) is 0 Å². The van der Waals surface area contributed by atoms with Crippen LogP contribution in [0.1, 0.15) is 0 Å². The molecule has 0 aliphatic heterocycles. The van der Waals surface area contributed by atoms with Crippen LogP contribution in [-0.2, 0) is 0 Å². The Bertz CT molecular complexity index is 2490. The van der Waals surface area contributed by atoms with E-state index in [9.17, 15) is 0 Å². The first-order chi connectivity index (χ1) is 21.8. The summed E-state index contributed by atoms with van der Waals surface area (Å²) < 4.78 is 2.68. The number of thiophene rings is 1. The Hall–Kier alpha value is -5.44. The normalized spacial score (nSPS) is 11.6. The van der Waals surface area contributed by atoms with Crippen LogP contribution in [0.3, 0.4) is 0 Å². The number of rotatable bonds is 4. The van der Waals surface area contributed by atoms with E-state index in [1.165, 1.54) is 63.6 Å². The molecule has 0 aliphatic carbocycles. The molecule has 2 heteroatoms. The van der Waals surface area contributed by atoms with E-state index in [2.05, 4.69) is 169 Å². The van der Waals surface area contributed by atoms with E-state index in [1.807, 2.05) is 11.3 Å². The molecule has 8 aromatic carbocycles. The molecule has 0 saturated heterocycles. The van der Waals surface area contributed by atoms with Crippen LogP contribution in [0.4, 0.5) is 17.1 Å². The van der Waals surface area contributed by atoms with E-state index in [0.29, 0.717) is 0 Å². The molecule has 44 heavy (non-hydrogen) atoms. The first kappa shape index (κ1) is 25.1. The molecule has 0 atom stereocenters. The minimum Gasteiger partial charge on any atom is -0.310 e. The molecule has 0 saturated carbocycles. The average Bonchev–Trinajstić information content (AvgIpc) is 3.45. The summed E-state index contributed by atoms with van der Waals surface area (Å²) in [6, 6.07) is 59.8. The van der Waals surface area contributed by atoms with E-state index in [4.69, 9.17) is 0 Å². The molecule has 0 spiro atoms. The molecule has 1 aromatic heterocycles. The lowest BCUT2D eigenvalue weighted by molar-refractivity contribution is 1.29. The summed E-state index contributed by atoms with van der Waals surface area (Å²) in [5, 5.41) is 10.2. The second-order valence-corrected chi connectivity index (χ2v) is 12.5. The van der Waals surface area contributed by atoms with Crippen molar-refractivity contribution < 1.29 is 0 Å². The molecule has 206 valence electrons. The van der Waals surface area contributed by atoms with Crippen LogP contribution in [0.15, 0.2) is 164 Å². The van der Waals surface area contributed by atoms with Gasteiger partial charge in [0.25, 0.3) is 0 Å². The first-order valence-electron chi connectivity index (χ1n) is 15.0. The zero-order valence-electron chi connectivity index (χ0n) is 23.9. The number of benzene rings is 8. The van der Waals surface area contributed by atoms with Gasteiger partial charge in [0.2, 0.25) is 0 Å². The van der Waals surface area contributed by atoms with Gasteiger partial charge in [-0.3, -0.25) is 0 Å². The number of hydrogen-bond acceptors (Lipinski definition) is 2. The standard InChI is InChI=1S/C42H27NS/c1-2-8-28(9-3-1)30-16-20-34(21-17-30)43(35-22-18-29-10-4-5-11-32(29)24-35)36-23-19-31-14-15-33-25-42-40(27-39(33)38(31)26-36)37-12-6-7-13-41(37)44-42/h1-27H. The minimum atomic E-state index is 1.13. The van der Waals surface area contributed by atoms with Crippen molar-refractivity contribution in [2.75, 3.05) is 4.90 Å². The molecular formula is C42H27NS. The van der Waals surface area contributed by atoms with Gasteiger partial charge in [-0.05, 0) is 98.0 Å². The van der Waals surface area contributed by atoms with Crippen molar-refractivity contribution in [3.05, 3.63) is 164 Å². The Labute approximate surface area is 259 Å². The predicted molar refractivity (Wildman–Crippen MR) is 192 cm³/mol. The molecule has 0 amide bonds. The predicted octanol–water partition coefficient (Wildman–Crippen LogP) is 12.7. The SMILES string of the molecule is c1ccc(-c2ccc(N(c3ccc4ccccc4c3)c3ccc4ccc5cc6sc7ccccc7c6cc5c4c3)cc2)cc1. The summed E-state index contributed by atoms with van der Waals surface area (Å²) in [4.78, 5) is 2.39. The van der Waals surface area contributed by atoms with E-state index in [1.54, 1.807) is 0 Å². The Kier molecular flexibility index (Phi) is 5.75. The fraction of sp³-hybridized carbons (Fsp3) is 0. The largest absolute Gasteiger partial charge is 0.310 e. The molecule has 0 bridgehead atoms. The molecular weight excluding hydrogens is 551 g/mol. The summed E-state index contributed by atoms with van der Waals surface area (Å²) in [6.07, 6.45) is 0. The van der Waals surface area contributed by atoms with Gasteiger partial charge in [0, 0.05) is 37.2 Å². The lowest BCUT2D eigenvalue weighted by atomic mass is 9.98.